The largest absolute Gasteiger partial charge is 0.497 e. The van der Waals surface area contributed by atoms with E-state index in [9.17, 15) is 10.1 Å². The van der Waals surface area contributed by atoms with Crippen LogP contribution in [-0.4, -0.2) is 56.2 Å². The molecule has 2 aliphatic rings. The average Bonchev–Trinajstić information content (AvgIpc) is 2.69. The quantitative estimate of drug-likeness (QED) is 0.876. The highest BCUT2D eigenvalue weighted by Crippen LogP contribution is 2.27. The molecule has 0 bridgehead atoms. The van der Waals surface area contributed by atoms with Crippen molar-refractivity contribution in [2.24, 2.45) is 0 Å². The predicted octanol–water partition coefficient (Wildman–Crippen LogP) is 2.16. The number of methoxy groups -OCH3 is 1. The van der Waals surface area contributed by atoms with Crippen LogP contribution in [0.5, 0.6) is 5.75 Å². The van der Waals surface area contributed by atoms with Crippen LogP contribution in [0.3, 0.4) is 0 Å². The van der Waals surface area contributed by atoms with Gasteiger partial charge in [-0.3, -0.25) is 9.69 Å². The van der Waals surface area contributed by atoms with Crippen molar-refractivity contribution in [3.8, 4) is 11.8 Å². The minimum absolute atomic E-state index is 0.0247. The van der Waals surface area contributed by atoms with E-state index in [-0.39, 0.29) is 5.91 Å². The van der Waals surface area contributed by atoms with Gasteiger partial charge in [0.2, 0.25) is 5.91 Å². The first kappa shape index (κ1) is 18.5. The van der Waals surface area contributed by atoms with Crippen LogP contribution in [0.1, 0.15) is 32.1 Å². The van der Waals surface area contributed by atoms with Crippen LogP contribution in [0.15, 0.2) is 24.3 Å². The summed E-state index contributed by atoms with van der Waals surface area (Å²) in [5.74, 6) is 0.835. The van der Waals surface area contributed by atoms with Crippen LogP contribution in [-0.2, 0) is 4.79 Å². The fourth-order valence-corrected chi connectivity index (χ4v) is 3.90. The zero-order valence-electron chi connectivity index (χ0n) is 15.5. The Kier molecular flexibility index (Phi) is 6.00. The van der Waals surface area contributed by atoms with Gasteiger partial charge in [0.05, 0.1) is 19.7 Å². The molecule has 1 saturated heterocycles. The van der Waals surface area contributed by atoms with Crippen LogP contribution in [0.25, 0.3) is 0 Å². The molecule has 1 aromatic carbocycles. The highest BCUT2D eigenvalue weighted by molar-refractivity contribution is 5.79. The van der Waals surface area contributed by atoms with Crippen molar-refractivity contribution in [3.05, 3.63) is 24.3 Å². The Morgan fingerprint density at radius 1 is 1.23 bits per heavy atom. The third-order valence-corrected chi connectivity index (χ3v) is 5.46. The van der Waals surface area contributed by atoms with Gasteiger partial charge in [0, 0.05) is 37.9 Å². The normalized spacial score (nSPS) is 20.2. The number of anilines is 1. The third-order valence-electron chi connectivity index (χ3n) is 5.46. The minimum Gasteiger partial charge on any atom is -0.497 e. The van der Waals surface area contributed by atoms with E-state index in [1.165, 1.54) is 0 Å². The van der Waals surface area contributed by atoms with Gasteiger partial charge >= 0.3 is 0 Å². The van der Waals surface area contributed by atoms with Crippen LogP contribution < -0.4 is 15.0 Å². The third kappa shape index (κ3) is 4.47. The summed E-state index contributed by atoms with van der Waals surface area (Å²) in [6.45, 7) is 3.80. The molecular formula is C20H28N4O2. The Hall–Kier alpha value is -2.26. The minimum atomic E-state index is -0.641. The second kappa shape index (κ2) is 8.41. The topological polar surface area (TPSA) is 68.6 Å². The van der Waals surface area contributed by atoms with Crippen LogP contribution in [0.2, 0.25) is 0 Å². The van der Waals surface area contributed by atoms with Crippen LogP contribution >= 0.6 is 0 Å². The van der Waals surface area contributed by atoms with Gasteiger partial charge in [-0.15, -0.1) is 0 Å². The summed E-state index contributed by atoms with van der Waals surface area (Å²) in [5.41, 5.74) is 0.511. The monoisotopic (exact) mass is 356 g/mol. The summed E-state index contributed by atoms with van der Waals surface area (Å²) < 4.78 is 5.30. The molecule has 6 heteroatoms. The number of amides is 1. The molecule has 1 aromatic rings. The van der Waals surface area contributed by atoms with Crippen molar-refractivity contribution in [2.75, 3.05) is 44.7 Å². The summed E-state index contributed by atoms with van der Waals surface area (Å²) >= 11 is 0. The Labute approximate surface area is 155 Å². The summed E-state index contributed by atoms with van der Waals surface area (Å²) in [4.78, 5) is 16.9. The molecule has 140 valence electrons. The van der Waals surface area contributed by atoms with E-state index in [0.29, 0.717) is 6.54 Å². The van der Waals surface area contributed by atoms with E-state index in [1.54, 1.807) is 7.11 Å². The molecule has 0 radical (unpaired) electrons. The molecule has 1 amide bonds. The number of carbonyl (C=O) groups excluding carboxylic acids is 1. The predicted molar refractivity (Wildman–Crippen MR) is 101 cm³/mol. The summed E-state index contributed by atoms with van der Waals surface area (Å²) in [7, 11) is 1.68. The van der Waals surface area contributed by atoms with Crippen molar-refractivity contribution < 1.29 is 9.53 Å². The number of piperazine rings is 1. The van der Waals surface area contributed by atoms with E-state index in [1.807, 2.05) is 18.2 Å². The Balaban J connectivity index is 1.49. The van der Waals surface area contributed by atoms with Gasteiger partial charge in [0.1, 0.15) is 11.3 Å². The SMILES string of the molecule is COc1cccc(N2CCN(CC(=O)NC3(C#N)CCCCC3)CC2)c1. The van der Waals surface area contributed by atoms with Gasteiger partial charge in [0.25, 0.3) is 0 Å². The number of nitrogens with one attached hydrogen (secondary N) is 1. The van der Waals surface area contributed by atoms with Gasteiger partial charge in [-0.25, -0.2) is 0 Å². The van der Waals surface area contributed by atoms with Gasteiger partial charge in [0.15, 0.2) is 0 Å². The molecule has 1 aliphatic carbocycles. The zero-order valence-corrected chi connectivity index (χ0v) is 15.5. The van der Waals surface area contributed by atoms with E-state index in [4.69, 9.17) is 4.74 Å². The zero-order chi connectivity index (χ0) is 18.4. The lowest BCUT2D eigenvalue weighted by molar-refractivity contribution is -0.124. The average molecular weight is 356 g/mol. The van der Waals surface area contributed by atoms with Gasteiger partial charge in [-0.2, -0.15) is 5.26 Å². The van der Waals surface area contributed by atoms with Crippen molar-refractivity contribution in [1.82, 2.24) is 10.2 Å². The Bertz CT molecular complexity index is 656. The molecule has 0 atom stereocenters. The lowest BCUT2D eigenvalue weighted by Crippen LogP contribution is -2.54. The maximum Gasteiger partial charge on any atom is 0.235 e. The number of nitriles is 1. The molecule has 26 heavy (non-hydrogen) atoms. The molecule has 6 nitrogen and oxygen atoms in total. The van der Waals surface area contributed by atoms with Crippen LogP contribution in [0, 0.1) is 11.3 Å². The summed E-state index contributed by atoms with van der Waals surface area (Å²) in [6.07, 6.45) is 4.75. The number of hydrogen-bond acceptors (Lipinski definition) is 5. The first-order valence-electron chi connectivity index (χ1n) is 9.48. The van der Waals surface area contributed by atoms with E-state index in [2.05, 4.69) is 27.3 Å². The molecule has 0 aromatic heterocycles. The molecule has 1 saturated carbocycles. The standard InChI is InChI=1S/C20H28N4O2/c1-26-18-7-5-6-17(14-18)24-12-10-23(11-13-24)15-19(25)22-20(16-21)8-3-2-4-9-20/h5-7,14H,2-4,8-13,15H2,1H3,(H,22,25). The molecule has 2 fully saturated rings. The second-order valence-electron chi connectivity index (χ2n) is 7.27. The first-order valence-corrected chi connectivity index (χ1v) is 9.48. The van der Waals surface area contributed by atoms with Gasteiger partial charge < -0.3 is 15.0 Å². The lowest BCUT2D eigenvalue weighted by atomic mass is 9.83. The Morgan fingerprint density at radius 3 is 2.62 bits per heavy atom. The number of benzene rings is 1. The van der Waals surface area contributed by atoms with E-state index >= 15 is 0 Å². The highest BCUT2D eigenvalue weighted by Gasteiger charge is 2.34. The number of hydrogen-bond donors (Lipinski definition) is 1. The number of nitrogens with zero attached hydrogens (tertiary/aromatic N) is 3. The molecule has 3 rings (SSSR count). The summed E-state index contributed by atoms with van der Waals surface area (Å²) in [6, 6.07) is 10.4. The van der Waals surface area contributed by atoms with Crippen molar-refractivity contribution in [1.29, 1.82) is 5.26 Å². The van der Waals surface area contributed by atoms with Crippen LogP contribution in [0.4, 0.5) is 5.69 Å². The molecule has 0 spiro atoms. The smallest absolute Gasteiger partial charge is 0.235 e. The van der Waals surface area contributed by atoms with Crippen molar-refractivity contribution >= 4 is 11.6 Å². The molecule has 1 aliphatic heterocycles. The second-order valence-corrected chi connectivity index (χ2v) is 7.27. The molecule has 0 unspecified atom stereocenters. The summed E-state index contributed by atoms with van der Waals surface area (Å²) in [5, 5.41) is 12.5. The maximum atomic E-state index is 12.4. The number of carbonyl (C=O) groups is 1. The number of rotatable bonds is 5. The fourth-order valence-electron chi connectivity index (χ4n) is 3.90. The van der Waals surface area contributed by atoms with E-state index < -0.39 is 5.54 Å². The lowest BCUT2D eigenvalue weighted by Gasteiger charge is -2.37. The van der Waals surface area contributed by atoms with E-state index in [0.717, 1.165) is 69.7 Å². The van der Waals surface area contributed by atoms with Gasteiger partial charge in [-0.1, -0.05) is 25.3 Å². The maximum absolute atomic E-state index is 12.4. The molecule has 1 heterocycles. The first-order chi connectivity index (χ1) is 12.6. The Morgan fingerprint density at radius 2 is 1.96 bits per heavy atom. The van der Waals surface area contributed by atoms with Crippen molar-refractivity contribution in [2.45, 2.75) is 37.6 Å². The van der Waals surface area contributed by atoms with Gasteiger partial charge in [-0.05, 0) is 25.0 Å². The number of ether oxygens (including phenoxy) is 1. The molecule has 1 N–H and O–H groups in total. The molecular weight excluding hydrogens is 328 g/mol. The highest BCUT2D eigenvalue weighted by atomic mass is 16.5. The van der Waals surface area contributed by atoms with Crippen molar-refractivity contribution in [3.63, 3.8) is 0 Å². The fraction of sp³-hybridized carbons (Fsp3) is 0.600.